The normalized spacial score (nSPS) is 20.6. The smallest absolute Gasteiger partial charge is 0.133 e. The molecule has 5 rings (SSSR count). The lowest BCUT2D eigenvalue weighted by Gasteiger charge is -2.23. The van der Waals surface area contributed by atoms with Gasteiger partial charge in [0.25, 0.3) is 0 Å². The van der Waals surface area contributed by atoms with E-state index in [4.69, 9.17) is 0 Å². The highest BCUT2D eigenvalue weighted by molar-refractivity contribution is 5.64. The van der Waals surface area contributed by atoms with Gasteiger partial charge in [-0.3, -0.25) is 0 Å². The lowest BCUT2D eigenvalue weighted by molar-refractivity contribution is 0.0792. The second-order valence-corrected chi connectivity index (χ2v) is 7.73. The van der Waals surface area contributed by atoms with Gasteiger partial charge in [-0.15, -0.1) is 0 Å². The minimum Gasteiger partial charge on any atom is -0.379 e. The van der Waals surface area contributed by atoms with E-state index < -0.39 is 5.60 Å². The van der Waals surface area contributed by atoms with Gasteiger partial charge < -0.3 is 9.67 Å². The first kappa shape index (κ1) is 17.8. The topological polar surface area (TPSA) is 38.1 Å². The number of halogens is 1. The predicted octanol–water partition coefficient (Wildman–Crippen LogP) is 5.23. The Labute approximate surface area is 169 Å². The summed E-state index contributed by atoms with van der Waals surface area (Å²) >= 11 is 0. The molecule has 3 aromatic carbocycles. The van der Waals surface area contributed by atoms with E-state index in [0.717, 1.165) is 22.3 Å². The average Bonchev–Trinajstić information content (AvgIpc) is 3.33. The summed E-state index contributed by atoms with van der Waals surface area (Å²) in [5.41, 5.74) is 3.93. The first-order valence-corrected chi connectivity index (χ1v) is 9.73. The molecule has 1 aliphatic heterocycles. The first-order valence-electron chi connectivity index (χ1n) is 9.73. The van der Waals surface area contributed by atoms with Gasteiger partial charge in [-0.25, -0.2) is 9.37 Å². The van der Waals surface area contributed by atoms with Gasteiger partial charge in [-0.1, -0.05) is 66.7 Å². The van der Waals surface area contributed by atoms with Crippen LogP contribution in [-0.4, -0.2) is 14.7 Å². The molecular formula is C25H21FN2O. The molecule has 2 heterocycles. The monoisotopic (exact) mass is 384 g/mol. The van der Waals surface area contributed by atoms with Crippen LogP contribution in [0.3, 0.4) is 0 Å². The van der Waals surface area contributed by atoms with E-state index in [9.17, 15) is 9.50 Å². The molecule has 29 heavy (non-hydrogen) atoms. The molecule has 0 radical (unpaired) electrons. The van der Waals surface area contributed by atoms with Crippen LogP contribution in [-0.2, 0) is 5.60 Å². The Morgan fingerprint density at radius 2 is 1.72 bits per heavy atom. The van der Waals surface area contributed by atoms with E-state index in [0.29, 0.717) is 17.7 Å². The fourth-order valence-electron chi connectivity index (χ4n) is 4.35. The molecule has 4 aromatic rings. The van der Waals surface area contributed by atoms with Crippen LogP contribution in [0.5, 0.6) is 0 Å². The van der Waals surface area contributed by atoms with Gasteiger partial charge in [0.15, 0.2) is 0 Å². The molecule has 4 heteroatoms. The number of fused-ring (bicyclic) bond motifs is 1. The second kappa shape index (κ2) is 6.68. The highest BCUT2D eigenvalue weighted by Gasteiger charge is 2.45. The van der Waals surface area contributed by atoms with Crippen molar-refractivity contribution in [3.63, 3.8) is 0 Å². The zero-order valence-electron chi connectivity index (χ0n) is 16.1. The summed E-state index contributed by atoms with van der Waals surface area (Å²) < 4.78 is 16.6. The molecular weight excluding hydrogens is 363 g/mol. The number of nitrogens with zero attached hydrogens (tertiary/aromatic N) is 2. The third-order valence-corrected chi connectivity index (χ3v) is 5.90. The van der Waals surface area contributed by atoms with Crippen molar-refractivity contribution in [3.8, 4) is 11.1 Å². The Morgan fingerprint density at radius 3 is 2.45 bits per heavy atom. The number of rotatable bonds is 3. The number of hydrogen-bond acceptors (Lipinski definition) is 2. The maximum absolute atomic E-state index is 14.7. The van der Waals surface area contributed by atoms with Crippen LogP contribution in [0, 0.1) is 12.7 Å². The van der Waals surface area contributed by atoms with Gasteiger partial charge >= 0.3 is 0 Å². The molecule has 2 atom stereocenters. The largest absolute Gasteiger partial charge is 0.379 e. The molecule has 1 aliphatic rings. The molecule has 3 nitrogen and oxygen atoms in total. The minimum atomic E-state index is -1.21. The van der Waals surface area contributed by atoms with Crippen LogP contribution in [0.1, 0.15) is 34.8 Å². The van der Waals surface area contributed by atoms with Crippen molar-refractivity contribution in [2.75, 3.05) is 0 Å². The fourth-order valence-corrected chi connectivity index (χ4v) is 4.35. The maximum Gasteiger partial charge on any atom is 0.133 e. The number of hydrogen-bond donors (Lipinski definition) is 1. The molecule has 0 unspecified atom stereocenters. The number of aromatic nitrogens is 2. The lowest BCUT2D eigenvalue weighted by Crippen LogP contribution is -2.24. The van der Waals surface area contributed by atoms with Crippen molar-refractivity contribution < 1.29 is 9.50 Å². The van der Waals surface area contributed by atoms with Crippen LogP contribution in [0.2, 0.25) is 0 Å². The van der Waals surface area contributed by atoms with E-state index in [2.05, 4.69) is 17.1 Å². The standard InChI is InChI=1S/C25H21FN2O/c1-17-7-12-21(22(26)13-17)23-14-25(29,24-15-27-16-28(23)24)20-10-8-19(9-11-20)18-5-3-2-4-6-18/h2-13,15-16,23,29H,14H2,1H3/t23-,25-/m1/s1. The molecule has 0 fully saturated rings. The fraction of sp³-hybridized carbons (Fsp3) is 0.160. The lowest BCUT2D eigenvalue weighted by atomic mass is 9.86. The maximum atomic E-state index is 14.7. The van der Waals surface area contributed by atoms with Crippen LogP contribution >= 0.6 is 0 Å². The molecule has 0 saturated heterocycles. The van der Waals surface area contributed by atoms with Gasteiger partial charge in [0.1, 0.15) is 11.4 Å². The Bertz CT molecular complexity index is 1170. The van der Waals surface area contributed by atoms with Crippen LogP contribution < -0.4 is 0 Å². The van der Waals surface area contributed by atoms with E-state index in [1.165, 1.54) is 6.07 Å². The van der Waals surface area contributed by atoms with Gasteiger partial charge in [0.05, 0.1) is 24.3 Å². The molecule has 0 saturated carbocycles. The van der Waals surface area contributed by atoms with Gasteiger partial charge in [0.2, 0.25) is 0 Å². The second-order valence-electron chi connectivity index (χ2n) is 7.73. The summed E-state index contributed by atoms with van der Waals surface area (Å²) in [6.07, 6.45) is 3.72. The zero-order valence-corrected chi connectivity index (χ0v) is 16.1. The summed E-state index contributed by atoms with van der Waals surface area (Å²) in [4.78, 5) is 4.23. The minimum absolute atomic E-state index is 0.252. The van der Waals surface area contributed by atoms with Crippen molar-refractivity contribution in [1.29, 1.82) is 0 Å². The summed E-state index contributed by atoms with van der Waals surface area (Å²) in [7, 11) is 0. The predicted molar refractivity (Wildman–Crippen MR) is 111 cm³/mol. The number of imidazole rings is 1. The Hall–Kier alpha value is -3.24. The number of benzene rings is 3. The highest BCUT2D eigenvalue weighted by atomic mass is 19.1. The van der Waals surface area contributed by atoms with Gasteiger partial charge in [0, 0.05) is 12.0 Å². The van der Waals surface area contributed by atoms with Crippen LogP contribution in [0.4, 0.5) is 4.39 Å². The number of aliphatic hydroxyl groups is 1. The molecule has 1 aromatic heterocycles. The summed E-state index contributed by atoms with van der Waals surface area (Å²) in [5, 5.41) is 11.7. The summed E-state index contributed by atoms with van der Waals surface area (Å²) in [6.45, 7) is 1.87. The molecule has 0 spiro atoms. The van der Waals surface area contributed by atoms with Crippen LogP contribution in [0.15, 0.2) is 85.3 Å². The molecule has 1 N–H and O–H groups in total. The molecule has 0 amide bonds. The van der Waals surface area contributed by atoms with Crippen molar-refractivity contribution >= 4 is 0 Å². The summed E-state index contributed by atoms with van der Waals surface area (Å²) in [5.74, 6) is -0.252. The van der Waals surface area contributed by atoms with Crippen molar-refractivity contribution in [2.24, 2.45) is 0 Å². The Morgan fingerprint density at radius 1 is 1.00 bits per heavy atom. The third kappa shape index (κ3) is 2.88. The zero-order chi connectivity index (χ0) is 20.0. The third-order valence-electron chi connectivity index (χ3n) is 5.90. The molecule has 144 valence electrons. The number of aryl methyl sites for hydroxylation is 1. The molecule has 0 aliphatic carbocycles. The van der Waals surface area contributed by atoms with Gasteiger partial charge in [-0.2, -0.15) is 0 Å². The highest BCUT2D eigenvalue weighted by Crippen LogP contribution is 2.47. The Kier molecular flexibility index (Phi) is 4.10. The Balaban J connectivity index is 1.54. The van der Waals surface area contributed by atoms with Crippen molar-refractivity contribution in [1.82, 2.24) is 9.55 Å². The van der Waals surface area contributed by atoms with E-state index >= 15 is 0 Å². The quantitative estimate of drug-likeness (QED) is 0.525. The van der Waals surface area contributed by atoms with Crippen molar-refractivity contribution in [2.45, 2.75) is 25.0 Å². The van der Waals surface area contributed by atoms with E-state index in [1.807, 2.05) is 66.1 Å². The van der Waals surface area contributed by atoms with E-state index in [1.54, 1.807) is 12.5 Å². The van der Waals surface area contributed by atoms with Crippen LogP contribution in [0.25, 0.3) is 11.1 Å². The van der Waals surface area contributed by atoms with E-state index in [-0.39, 0.29) is 11.9 Å². The summed E-state index contributed by atoms with van der Waals surface area (Å²) in [6, 6.07) is 23.0. The average molecular weight is 384 g/mol. The first-order chi connectivity index (χ1) is 14.1. The van der Waals surface area contributed by atoms with Gasteiger partial charge in [-0.05, 0) is 35.2 Å². The SMILES string of the molecule is Cc1ccc([C@H]2C[C@@](O)(c3ccc(-c4ccccc4)cc3)c3cncn32)c(F)c1. The molecule has 0 bridgehead atoms. The van der Waals surface area contributed by atoms with Crippen molar-refractivity contribution in [3.05, 3.63) is 114 Å².